The van der Waals surface area contributed by atoms with Gasteiger partial charge in [0.25, 0.3) is 11.8 Å². The number of carbonyl (C=O) groups is 2. The standard InChI is InChI=1S/C24H30ClN3O3/c1-17(2)14-27-15-19(23(30)26-11-10-18-8-4-5-9-21(18)25)22(29)20(16-27)24(31)28-12-6-3-7-13-28/h4-5,8-9,15-17H,3,6-7,10-14H2,1-2H3,(H,26,30). The molecule has 1 aromatic carbocycles. The summed E-state index contributed by atoms with van der Waals surface area (Å²) in [6, 6.07) is 7.46. The van der Waals surface area contributed by atoms with E-state index in [1.807, 2.05) is 32.0 Å². The molecular formula is C24H30ClN3O3. The van der Waals surface area contributed by atoms with Crippen molar-refractivity contribution < 1.29 is 9.59 Å². The number of hydrogen-bond acceptors (Lipinski definition) is 3. The molecule has 1 aromatic heterocycles. The smallest absolute Gasteiger partial charge is 0.259 e. The molecule has 0 spiro atoms. The van der Waals surface area contributed by atoms with E-state index >= 15 is 0 Å². The summed E-state index contributed by atoms with van der Waals surface area (Å²) >= 11 is 6.17. The van der Waals surface area contributed by atoms with Crippen LogP contribution in [0.25, 0.3) is 0 Å². The minimum atomic E-state index is -0.508. The van der Waals surface area contributed by atoms with Crippen molar-refractivity contribution in [2.24, 2.45) is 5.92 Å². The number of pyridine rings is 1. The molecule has 0 saturated carbocycles. The van der Waals surface area contributed by atoms with Crippen molar-refractivity contribution in [2.75, 3.05) is 19.6 Å². The molecule has 0 unspecified atom stereocenters. The number of nitrogens with one attached hydrogen (secondary N) is 1. The molecule has 1 N–H and O–H groups in total. The van der Waals surface area contributed by atoms with Crippen LogP contribution in [0.5, 0.6) is 0 Å². The molecule has 2 heterocycles. The average molecular weight is 444 g/mol. The van der Waals surface area contributed by atoms with Gasteiger partial charge in [0.15, 0.2) is 0 Å². The number of rotatable bonds is 7. The molecule has 0 atom stereocenters. The summed E-state index contributed by atoms with van der Waals surface area (Å²) in [4.78, 5) is 40.7. The SMILES string of the molecule is CC(C)Cn1cc(C(=O)NCCc2ccccc2Cl)c(=O)c(C(=O)N2CCCCC2)c1. The first-order chi connectivity index (χ1) is 14.9. The normalized spacial score (nSPS) is 14.0. The van der Waals surface area contributed by atoms with Gasteiger partial charge in [-0.15, -0.1) is 0 Å². The highest BCUT2D eigenvalue weighted by Crippen LogP contribution is 2.15. The van der Waals surface area contributed by atoms with Crippen molar-refractivity contribution >= 4 is 23.4 Å². The van der Waals surface area contributed by atoms with Crippen LogP contribution in [0.15, 0.2) is 41.5 Å². The molecule has 7 heteroatoms. The van der Waals surface area contributed by atoms with E-state index in [2.05, 4.69) is 5.32 Å². The van der Waals surface area contributed by atoms with Gasteiger partial charge in [-0.25, -0.2) is 0 Å². The Hall–Kier alpha value is -2.60. The molecule has 6 nitrogen and oxygen atoms in total. The number of amides is 2. The third-order valence-electron chi connectivity index (χ3n) is 5.41. The summed E-state index contributed by atoms with van der Waals surface area (Å²) in [5.74, 6) is -0.452. The van der Waals surface area contributed by atoms with E-state index in [-0.39, 0.29) is 17.0 Å². The summed E-state index contributed by atoms with van der Waals surface area (Å²) in [7, 11) is 0. The van der Waals surface area contributed by atoms with E-state index in [0.29, 0.717) is 43.5 Å². The summed E-state index contributed by atoms with van der Waals surface area (Å²) in [5, 5.41) is 3.45. The Morgan fingerprint density at radius 2 is 1.74 bits per heavy atom. The lowest BCUT2D eigenvalue weighted by Crippen LogP contribution is -2.40. The minimum absolute atomic E-state index is 0.00247. The average Bonchev–Trinajstić information content (AvgIpc) is 2.76. The maximum Gasteiger partial charge on any atom is 0.259 e. The Morgan fingerprint density at radius 1 is 1.06 bits per heavy atom. The van der Waals surface area contributed by atoms with Crippen molar-refractivity contribution in [1.29, 1.82) is 0 Å². The molecule has 3 rings (SSSR count). The van der Waals surface area contributed by atoms with Gasteiger partial charge in [-0.2, -0.15) is 0 Å². The molecule has 31 heavy (non-hydrogen) atoms. The Labute approximate surface area is 188 Å². The number of aromatic nitrogens is 1. The van der Waals surface area contributed by atoms with Crippen LogP contribution in [0.4, 0.5) is 0 Å². The zero-order chi connectivity index (χ0) is 22.4. The van der Waals surface area contributed by atoms with Crippen LogP contribution >= 0.6 is 11.6 Å². The summed E-state index contributed by atoms with van der Waals surface area (Å²) in [5.41, 5.74) is 0.491. The topological polar surface area (TPSA) is 71.4 Å². The Balaban J connectivity index is 1.82. The molecule has 2 amide bonds. The van der Waals surface area contributed by atoms with E-state index < -0.39 is 11.3 Å². The first kappa shape index (κ1) is 23.1. The van der Waals surface area contributed by atoms with Crippen molar-refractivity contribution in [3.8, 4) is 0 Å². The van der Waals surface area contributed by atoms with Crippen molar-refractivity contribution in [2.45, 2.75) is 46.1 Å². The van der Waals surface area contributed by atoms with Crippen molar-refractivity contribution in [1.82, 2.24) is 14.8 Å². The number of likely N-dealkylation sites (tertiary alicyclic amines) is 1. The monoisotopic (exact) mass is 443 g/mol. The first-order valence-corrected chi connectivity index (χ1v) is 11.3. The number of nitrogens with zero attached hydrogens (tertiary/aromatic N) is 2. The van der Waals surface area contributed by atoms with Crippen LogP contribution in [0.1, 0.15) is 59.4 Å². The van der Waals surface area contributed by atoms with Gasteiger partial charge in [-0.3, -0.25) is 14.4 Å². The van der Waals surface area contributed by atoms with E-state index in [0.717, 1.165) is 24.8 Å². The summed E-state index contributed by atoms with van der Waals surface area (Å²) in [6.45, 7) is 6.35. The van der Waals surface area contributed by atoms with Gasteiger partial charge >= 0.3 is 0 Å². The molecule has 2 aromatic rings. The largest absolute Gasteiger partial charge is 0.352 e. The van der Waals surface area contributed by atoms with E-state index in [9.17, 15) is 14.4 Å². The zero-order valence-electron chi connectivity index (χ0n) is 18.2. The van der Waals surface area contributed by atoms with Gasteiger partial charge < -0.3 is 14.8 Å². The molecule has 0 bridgehead atoms. The second-order valence-electron chi connectivity index (χ2n) is 8.46. The van der Waals surface area contributed by atoms with Crippen LogP contribution in [0, 0.1) is 5.92 Å². The van der Waals surface area contributed by atoms with Gasteiger partial charge in [-0.1, -0.05) is 43.6 Å². The number of benzene rings is 1. The molecular weight excluding hydrogens is 414 g/mol. The maximum absolute atomic E-state index is 13.1. The van der Waals surface area contributed by atoms with Gasteiger partial charge in [0.2, 0.25) is 5.43 Å². The summed E-state index contributed by atoms with van der Waals surface area (Å²) < 4.78 is 1.78. The quantitative estimate of drug-likeness (QED) is 0.708. The Bertz CT molecular complexity index is 994. The number of halogens is 1. The lowest BCUT2D eigenvalue weighted by Gasteiger charge is -2.27. The molecule has 166 valence electrons. The second kappa shape index (κ2) is 10.6. The zero-order valence-corrected chi connectivity index (χ0v) is 19.0. The highest BCUT2D eigenvalue weighted by atomic mass is 35.5. The van der Waals surface area contributed by atoms with Crippen LogP contribution in [-0.4, -0.2) is 40.9 Å². The predicted octanol–water partition coefficient (Wildman–Crippen LogP) is 3.76. The Morgan fingerprint density at radius 3 is 2.42 bits per heavy atom. The van der Waals surface area contributed by atoms with Crippen LogP contribution < -0.4 is 10.7 Å². The number of hydrogen-bond donors (Lipinski definition) is 1. The molecule has 1 saturated heterocycles. The molecule has 1 aliphatic rings. The fourth-order valence-electron chi connectivity index (χ4n) is 3.85. The third-order valence-corrected chi connectivity index (χ3v) is 5.78. The van der Waals surface area contributed by atoms with E-state index in [1.54, 1.807) is 27.9 Å². The highest BCUT2D eigenvalue weighted by Gasteiger charge is 2.24. The lowest BCUT2D eigenvalue weighted by atomic mass is 10.1. The second-order valence-corrected chi connectivity index (χ2v) is 8.86. The van der Waals surface area contributed by atoms with Crippen LogP contribution in [0.3, 0.4) is 0 Å². The minimum Gasteiger partial charge on any atom is -0.352 e. The van der Waals surface area contributed by atoms with Gasteiger partial charge in [0, 0.05) is 43.6 Å². The third kappa shape index (κ3) is 5.97. The van der Waals surface area contributed by atoms with Gasteiger partial charge in [0.1, 0.15) is 11.1 Å². The van der Waals surface area contributed by atoms with Gasteiger partial charge in [0.05, 0.1) is 0 Å². The lowest BCUT2D eigenvalue weighted by molar-refractivity contribution is 0.0722. The molecule has 1 fully saturated rings. The fraction of sp³-hybridized carbons (Fsp3) is 0.458. The number of piperidine rings is 1. The van der Waals surface area contributed by atoms with Gasteiger partial charge in [-0.05, 0) is 43.2 Å². The summed E-state index contributed by atoms with van der Waals surface area (Å²) in [6.07, 6.45) is 6.68. The Kier molecular flexibility index (Phi) is 7.91. The maximum atomic E-state index is 13.1. The van der Waals surface area contributed by atoms with Crippen molar-refractivity contribution in [3.63, 3.8) is 0 Å². The molecule has 0 aliphatic carbocycles. The van der Waals surface area contributed by atoms with Crippen LogP contribution in [-0.2, 0) is 13.0 Å². The van der Waals surface area contributed by atoms with E-state index in [1.165, 1.54) is 0 Å². The first-order valence-electron chi connectivity index (χ1n) is 10.9. The highest BCUT2D eigenvalue weighted by molar-refractivity contribution is 6.31. The number of carbonyl (C=O) groups excluding carboxylic acids is 2. The van der Waals surface area contributed by atoms with Crippen molar-refractivity contribution in [3.05, 3.63) is 68.6 Å². The van der Waals surface area contributed by atoms with Crippen LogP contribution in [0.2, 0.25) is 5.02 Å². The predicted molar refractivity (Wildman–Crippen MR) is 123 cm³/mol. The van der Waals surface area contributed by atoms with E-state index in [4.69, 9.17) is 11.6 Å². The fourth-order valence-corrected chi connectivity index (χ4v) is 4.08. The molecule has 1 aliphatic heterocycles. The molecule has 0 radical (unpaired) electrons.